The summed E-state index contributed by atoms with van der Waals surface area (Å²) in [4.78, 5) is 0. The molecule has 2 aromatic rings. The second-order valence-electron chi connectivity index (χ2n) is 4.32. The van der Waals surface area contributed by atoms with Crippen molar-refractivity contribution in [1.82, 2.24) is 5.32 Å². The number of hydrogen-bond donors (Lipinski definition) is 2. The van der Waals surface area contributed by atoms with E-state index in [1.807, 2.05) is 24.3 Å². The van der Waals surface area contributed by atoms with Gasteiger partial charge in [0.1, 0.15) is 5.82 Å². The highest BCUT2D eigenvalue weighted by molar-refractivity contribution is 6.31. The van der Waals surface area contributed by atoms with Crippen LogP contribution in [0.25, 0.3) is 0 Å². The van der Waals surface area contributed by atoms with Crippen molar-refractivity contribution < 1.29 is 9.50 Å². The maximum Gasteiger partial charge on any atom is 0.124 e. The standard InChI is InChI=1S/C15H15ClFNO/c16-15-7-14(17)5-4-13(15)9-18-8-11-2-1-3-12(6-11)10-19/h1-7,18-19H,8-10H2. The fraction of sp³-hybridized carbons (Fsp3) is 0.200. The van der Waals surface area contributed by atoms with Crippen molar-refractivity contribution >= 4 is 11.6 Å². The molecule has 0 fully saturated rings. The van der Waals surface area contributed by atoms with Crippen LogP contribution in [0.2, 0.25) is 5.02 Å². The average Bonchev–Trinajstić information content (AvgIpc) is 2.41. The molecule has 2 nitrogen and oxygen atoms in total. The number of rotatable bonds is 5. The first-order valence-corrected chi connectivity index (χ1v) is 6.40. The zero-order valence-corrected chi connectivity index (χ0v) is 11.1. The Kier molecular flexibility index (Phi) is 4.91. The fourth-order valence-electron chi connectivity index (χ4n) is 1.84. The number of nitrogens with one attached hydrogen (secondary N) is 1. The van der Waals surface area contributed by atoms with E-state index in [0.29, 0.717) is 18.1 Å². The summed E-state index contributed by atoms with van der Waals surface area (Å²) in [7, 11) is 0. The highest BCUT2D eigenvalue weighted by atomic mass is 35.5. The molecule has 0 atom stereocenters. The van der Waals surface area contributed by atoms with Gasteiger partial charge in [0, 0.05) is 18.1 Å². The summed E-state index contributed by atoms with van der Waals surface area (Å²) < 4.78 is 12.9. The molecule has 0 bridgehead atoms. The third-order valence-corrected chi connectivity index (χ3v) is 3.19. The van der Waals surface area contributed by atoms with E-state index in [1.165, 1.54) is 12.1 Å². The zero-order valence-electron chi connectivity index (χ0n) is 10.4. The van der Waals surface area contributed by atoms with Crippen LogP contribution in [-0.2, 0) is 19.7 Å². The predicted molar refractivity (Wildman–Crippen MR) is 74.3 cm³/mol. The molecule has 0 saturated carbocycles. The Morgan fingerprint density at radius 3 is 2.58 bits per heavy atom. The van der Waals surface area contributed by atoms with E-state index in [2.05, 4.69) is 5.32 Å². The number of halogens is 2. The lowest BCUT2D eigenvalue weighted by Crippen LogP contribution is -2.13. The summed E-state index contributed by atoms with van der Waals surface area (Å²) in [6.07, 6.45) is 0. The normalized spacial score (nSPS) is 10.7. The van der Waals surface area contributed by atoms with Crippen LogP contribution in [0.1, 0.15) is 16.7 Å². The van der Waals surface area contributed by atoms with Gasteiger partial charge < -0.3 is 10.4 Å². The van der Waals surface area contributed by atoms with E-state index >= 15 is 0 Å². The molecule has 0 unspecified atom stereocenters. The van der Waals surface area contributed by atoms with Gasteiger partial charge in [0.25, 0.3) is 0 Å². The Balaban J connectivity index is 1.92. The minimum absolute atomic E-state index is 0.0393. The SMILES string of the molecule is OCc1cccc(CNCc2ccc(F)cc2Cl)c1. The second kappa shape index (κ2) is 6.66. The summed E-state index contributed by atoms with van der Waals surface area (Å²) in [5.41, 5.74) is 2.84. The van der Waals surface area contributed by atoms with Crippen LogP contribution in [0.5, 0.6) is 0 Å². The van der Waals surface area contributed by atoms with Gasteiger partial charge in [-0.2, -0.15) is 0 Å². The molecule has 0 aromatic heterocycles. The molecule has 0 heterocycles. The molecule has 0 saturated heterocycles. The van der Waals surface area contributed by atoms with Crippen LogP contribution in [-0.4, -0.2) is 5.11 Å². The summed E-state index contributed by atoms with van der Waals surface area (Å²) in [6.45, 7) is 1.28. The van der Waals surface area contributed by atoms with Gasteiger partial charge in [-0.25, -0.2) is 4.39 Å². The molecule has 2 aromatic carbocycles. The Morgan fingerprint density at radius 1 is 1.05 bits per heavy atom. The van der Waals surface area contributed by atoms with E-state index in [-0.39, 0.29) is 12.4 Å². The third kappa shape index (κ3) is 4.03. The van der Waals surface area contributed by atoms with Crippen LogP contribution in [0.4, 0.5) is 4.39 Å². The maximum absolute atomic E-state index is 12.9. The van der Waals surface area contributed by atoms with Crippen LogP contribution >= 0.6 is 11.6 Å². The van der Waals surface area contributed by atoms with E-state index in [1.54, 1.807) is 6.07 Å². The molecule has 0 radical (unpaired) electrons. The number of aliphatic hydroxyl groups excluding tert-OH is 1. The molecular weight excluding hydrogens is 265 g/mol. The lowest BCUT2D eigenvalue weighted by atomic mass is 10.1. The van der Waals surface area contributed by atoms with Crippen molar-refractivity contribution in [3.8, 4) is 0 Å². The van der Waals surface area contributed by atoms with Crippen LogP contribution in [0.3, 0.4) is 0 Å². The molecular formula is C15H15ClFNO. The third-order valence-electron chi connectivity index (χ3n) is 2.83. The molecule has 0 aliphatic heterocycles. The molecule has 4 heteroatoms. The van der Waals surface area contributed by atoms with E-state index < -0.39 is 0 Å². The monoisotopic (exact) mass is 279 g/mol. The first kappa shape index (κ1) is 14.0. The predicted octanol–water partition coefficient (Wildman–Crippen LogP) is 3.26. The van der Waals surface area contributed by atoms with Gasteiger partial charge in [-0.05, 0) is 28.8 Å². The summed E-state index contributed by atoms with van der Waals surface area (Å²) in [5, 5.41) is 12.7. The van der Waals surface area contributed by atoms with Crippen LogP contribution in [0.15, 0.2) is 42.5 Å². The molecule has 2 N–H and O–H groups in total. The van der Waals surface area contributed by atoms with Gasteiger partial charge in [0.05, 0.1) is 6.61 Å². The van der Waals surface area contributed by atoms with Crippen molar-refractivity contribution in [2.75, 3.05) is 0 Å². The smallest absolute Gasteiger partial charge is 0.124 e. The molecule has 100 valence electrons. The molecule has 2 rings (SSSR count). The minimum Gasteiger partial charge on any atom is -0.392 e. The van der Waals surface area contributed by atoms with Crippen molar-refractivity contribution in [3.63, 3.8) is 0 Å². The van der Waals surface area contributed by atoms with Gasteiger partial charge >= 0.3 is 0 Å². The Bertz CT molecular complexity index is 560. The van der Waals surface area contributed by atoms with Gasteiger partial charge in [-0.3, -0.25) is 0 Å². The van der Waals surface area contributed by atoms with E-state index in [4.69, 9.17) is 16.7 Å². The van der Waals surface area contributed by atoms with Gasteiger partial charge in [-0.15, -0.1) is 0 Å². The van der Waals surface area contributed by atoms with Crippen LogP contribution < -0.4 is 5.32 Å². The second-order valence-corrected chi connectivity index (χ2v) is 4.72. The Morgan fingerprint density at radius 2 is 1.84 bits per heavy atom. The first-order chi connectivity index (χ1) is 9.19. The van der Waals surface area contributed by atoms with Crippen molar-refractivity contribution in [3.05, 3.63) is 70.0 Å². The number of aliphatic hydroxyl groups is 1. The number of benzene rings is 2. The Labute approximate surface area is 116 Å². The first-order valence-electron chi connectivity index (χ1n) is 6.02. The van der Waals surface area contributed by atoms with E-state index in [9.17, 15) is 4.39 Å². The fourth-order valence-corrected chi connectivity index (χ4v) is 2.08. The topological polar surface area (TPSA) is 32.3 Å². The van der Waals surface area contributed by atoms with Crippen LogP contribution in [0, 0.1) is 5.82 Å². The molecule has 0 aliphatic rings. The highest BCUT2D eigenvalue weighted by Crippen LogP contribution is 2.17. The molecule has 19 heavy (non-hydrogen) atoms. The average molecular weight is 280 g/mol. The van der Waals surface area contributed by atoms with Gasteiger partial charge in [0.15, 0.2) is 0 Å². The van der Waals surface area contributed by atoms with Crippen molar-refractivity contribution in [2.45, 2.75) is 19.7 Å². The zero-order chi connectivity index (χ0) is 13.7. The number of hydrogen-bond acceptors (Lipinski definition) is 2. The van der Waals surface area contributed by atoms with Crippen molar-refractivity contribution in [1.29, 1.82) is 0 Å². The largest absolute Gasteiger partial charge is 0.392 e. The summed E-state index contributed by atoms with van der Waals surface area (Å²) >= 11 is 5.95. The van der Waals surface area contributed by atoms with Crippen molar-refractivity contribution in [2.24, 2.45) is 0 Å². The Hall–Kier alpha value is -1.42. The van der Waals surface area contributed by atoms with E-state index in [0.717, 1.165) is 16.7 Å². The molecule has 0 spiro atoms. The lowest BCUT2D eigenvalue weighted by Gasteiger charge is -2.08. The lowest BCUT2D eigenvalue weighted by molar-refractivity contribution is 0.281. The minimum atomic E-state index is -0.329. The maximum atomic E-state index is 12.9. The van der Waals surface area contributed by atoms with Gasteiger partial charge in [0.2, 0.25) is 0 Å². The summed E-state index contributed by atoms with van der Waals surface area (Å²) in [5.74, 6) is -0.329. The summed E-state index contributed by atoms with van der Waals surface area (Å²) in [6, 6.07) is 12.1. The van der Waals surface area contributed by atoms with Gasteiger partial charge in [-0.1, -0.05) is 41.9 Å². The quantitative estimate of drug-likeness (QED) is 0.880. The molecule has 0 amide bonds. The molecule has 0 aliphatic carbocycles. The highest BCUT2D eigenvalue weighted by Gasteiger charge is 2.02.